The molecule has 0 aliphatic heterocycles. The zero-order valence-electron chi connectivity index (χ0n) is 14.6. The highest BCUT2D eigenvalue weighted by Crippen LogP contribution is 2.15. The maximum absolute atomic E-state index is 11.9. The van der Waals surface area contributed by atoms with E-state index in [0.717, 1.165) is 5.69 Å². The topological polar surface area (TPSA) is 79.6 Å². The standard InChI is InChI=1S/C18H22N2O4/c1-18(2,3)24-16(21)12-23-17(22)14(11-19)10-13-6-8-15(9-7-13)20(4)5/h6-10H,12H2,1-5H3/b14-10+. The molecule has 1 aromatic rings. The van der Waals surface area contributed by atoms with Gasteiger partial charge in [0.25, 0.3) is 0 Å². The van der Waals surface area contributed by atoms with E-state index < -0.39 is 24.1 Å². The summed E-state index contributed by atoms with van der Waals surface area (Å²) in [5.74, 6) is -1.52. The molecule has 0 saturated carbocycles. The SMILES string of the molecule is CN(C)c1ccc(/C=C(\C#N)C(=O)OCC(=O)OC(C)(C)C)cc1. The Labute approximate surface area is 142 Å². The molecule has 0 aromatic heterocycles. The van der Waals surface area contributed by atoms with Crippen LogP contribution in [0.3, 0.4) is 0 Å². The van der Waals surface area contributed by atoms with Gasteiger partial charge in [-0.25, -0.2) is 9.59 Å². The Kier molecular flexibility index (Phi) is 6.54. The Bertz CT molecular complexity index is 662. The number of nitrogens with zero attached hydrogens (tertiary/aromatic N) is 2. The minimum Gasteiger partial charge on any atom is -0.457 e. The molecule has 0 saturated heterocycles. The van der Waals surface area contributed by atoms with Crippen molar-refractivity contribution in [1.29, 1.82) is 5.26 Å². The quantitative estimate of drug-likeness (QED) is 0.469. The van der Waals surface area contributed by atoms with Crippen LogP contribution >= 0.6 is 0 Å². The Hall–Kier alpha value is -2.81. The predicted molar refractivity (Wildman–Crippen MR) is 91.2 cm³/mol. The van der Waals surface area contributed by atoms with Crippen molar-refractivity contribution in [2.75, 3.05) is 25.6 Å². The van der Waals surface area contributed by atoms with Crippen molar-refractivity contribution in [3.63, 3.8) is 0 Å². The van der Waals surface area contributed by atoms with Gasteiger partial charge in [-0.2, -0.15) is 5.26 Å². The van der Waals surface area contributed by atoms with Crippen LogP contribution in [0.1, 0.15) is 26.3 Å². The number of nitriles is 1. The molecule has 0 bridgehead atoms. The lowest BCUT2D eigenvalue weighted by Crippen LogP contribution is -2.27. The zero-order valence-corrected chi connectivity index (χ0v) is 14.6. The van der Waals surface area contributed by atoms with Gasteiger partial charge in [0.05, 0.1) is 0 Å². The van der Waals surface area contributed by atoms with Crippen molar-refractivity contribution in [2.45, 2.75) is 26.4 Å². The van der Waals surface area contributed by atoms with Crippen LogP contribution in [-0.2, 0) is 19.1 Å². The Balaban J connectivity index is 2.73. The van der Waals surface area contributed by atoms with Crippen LogP contribution in [-0.4, -0.2) is 38.2 Å². The van der Waals surface area contributed by atoms with Gasteiger partial charge < -0.3 is 14.4 Å². The van der Waals surface area contributed by atoms with Gasteiger partial charge in [0.2, 0.25) is 0 Å². The van der Waals surface area contributed by atoms with Crippen molar-refractivity contribution < 1.29 is 19.1 Å². The molecule has 0 fully saturated rings. The number of ether oxygens (including phenoxy) is 2. The summed E-state index contributed by atoms with van der Waals surface area (Å²) >= 11 is 0. The summed E-state index contributed by atoms with van der Waals surface area (Å²) in [4.78, 5) is 25.4. The summed E-state index contributed by atoms with van der Waals surface area (Å²) in [6, 6.07) is 9.09. The first-order valence-electron chi connectivity index (χ1n) is 7.40. The van der Waals surface area contributed by atoms with Gasteiger partial charge in [0, 0.05) is 19.8 Å². The third kappa shape index (κ3) is 6.53. The fourth-order valence-electron chi connectivity index (χ4n) is 1.75. The second-order valence-electron chi connectivity index (χ2n) is 6.32. The molecule has 1 rings (SSSR count). The molecule has 0 aliphatic carbocycles. The van der Waals surface area contributed by atoms with E-state index in [1.165, 1.54) is 6.08 Å². The molecule has 0 amide bonds. The van der Waals surface area contributed by atoms with Crippen LogP contribution in [0.25, 0.3) is 6.08 Å². The molecular weight excluding hydrogens is 308 g/mol. The van der Waals surface area contributed by atoms with Gasteiger partial charge in [0.1, 0.15) is 17.2 Å². The first-order valence-corrected chi connectivity index (χ1v) is 7.40. The molecule has 24 heavy (non-hydrogen) atoms. The Morgan fingerprint density at radius 2 is 1.79 bits per heavy atom. The molecule has 0 aliphatic rings. The maximum atomic E-state index is 11.9. The van der Waals surface area contributed by atoms with Gasteiger partial charge in [-0.1, -0.05) is 12.1 Å². The van der Waals surface area contributed by atoms with Gasteiger partial charge >= 0.3 is 11.9 Å². The maximum Gasteiger partial charge on any atom is 0.349 e. The van der Waals surface area contributed by atoms with Gasteiger partial charge in [-0.05, 0) is 44.5 Å². The summed E-state index contributed by atoms with van der Waals surface area (Å²) in [6.07, 6.45) is 1.41. The van der Waals surface area contributed by atoms with Crippen molar-refractivity contribution in [3.05, 3.63) is 35.4 Å². The summed E-state index contributed by atoms with van der Waals surface area (Å²) in [5, 5.41) is 9.11. The van der Waals surface area contributed by atoms with Crippen molar-refractivity contribution in [3.8, 4) is 6.07 Å². The van der Waals surface area contributed by atoms with E-state index >= 15 is 0 Å². The second-order valence-corrected chi connectivity index (χ2v) is 6.32. The molecule has 128 valence electrons. The van der Waals surface area contributed by atoms with Crippen LogP contribution in [0.2, 0.25) is 0 Å². The van der Waals surface area contributed by atoms with E-state index in [1.54, 1.807) is 39.0 Å². The number of carbonyl (C=O) groups is 2. The fraction of sp³-hybridized carbons (Fsp3) is 0.389. The average molecular weight is 330 g/mol. The first-order chi connectivity index (χ1) is 11.1. The average Bonchev–Trinajstić information content (AvgIpc) is 2.49. The molecule has 0 unspecified atom stereocenters. The summed E-state index contributed by atoms with van der Waals surface area (Å²) < 4.78 is 9.86. The predicted octanol–water partition coefficient (Wildman–Crippen LogP) is 2.54. The molecule has 6 nitrogen and oxygen atoms in total. The van der Waals surface area contributed by atoms with Crippen LogP contribution < -0.4 is 4.90 Å². The van der Waals surface area contributed by atoms with Gasteiger partial charge in [0.15, 0.2) is 6.61 Å². The molecule has 0 spiro atoms. The van der Waals surface area contributed by atoms with Gasteiger partial charge in [-0.15, -0.1) is 0 Å². The molecule has 0 atom stereocenters. The summed E-state index contributed by atoms with van der Waals surface area (Å²) in [6.45, 7) is 4.61. The molecule has 0 N–H and O–H groups in total. The summed E-state index contributed by atoms with van der Waals surface area (Å²) in [5.41, 5.74) is 0.840. The highest BCUT2D eigenvalue weighted by Gasteiger charge is 2.19. The lowest BCUT2D eigenvalue weighted by atomic mass is 10.1. The van der Waals surface area contributed by atoms with Crippen LogP contribution in [0.5, 0.6) is 0 Å². The molecule has 6 heteroatoms. The number of carbonyl (C=O) groups excluding carboxylic acids is 2. The van der Waals surface area contributed by atoms with Crippen LogP contribution in [0, 0.1) is 11.3 Å². The number of esters is 2. The number of hydrogen-bond donors (Lipinski definition) is 0. The van der Waals surface area contributed by atoms with Gasteiger partial charge in [-0.3, -0.25) is 0 Å². The van der Waals surface area contributed by atoms with E-state index in [0.29, 0.717) is 5.56 Å². The second kappa shape index (κ2) is 8.16. The smallest absolute Gasteiger partial charge is 0.349 e. The molecule has 1 aromatic carbocycles. The van der Waals surface area contributed by atoms with E-state index in [2.05, 4.69) is 0 Å². The fourth-order valence-corrected chi connectivity index (χ4v) is 1.75. The Morgan fingerprint density at radius 1 is 1.21 bits per heavy atom. The summed E-state index contributed by atoms with van der Waals surface area (Å²) in [7, 11) is 3.83. The number of benzene rings is 1. The van der Waals surface area contributed by atoms with Crippen LogP contribution in [0.15, 0.2) is 29.8 Å². The van der Waals surface area contributed by atoms with Crippen molar-refractivity contribution in [1.82, 2.24) is 0 Å². The van der Waals surface area contributed by atoms with E-state index in [4.69, 9.17) is 14.7 Å². The highest BCUT2D eigenvalue weighted by atomic mass is 16.6. The van der Waals surface area contributed by atoms with Crippen molar-refractivity contribution >= 4 is 23.7 Å². The van der Waals surface area contributed by atoms with Crippen LogP contribution in [0.4, 0.5) is 5.69 Å². The number of anilines is 1. The monoisotopic (exact) mass is 330 g/mol. The minimum absolute atomic E-state index is 0.184. The van der Waals surface area contributed by atoms with Crippen molar-refractivity contribution in [2.24, 2.45) is 0 Å². The van der Waals surface area contributed by atoms with E-state index in [9.17, 15) is 9.59 Å². The highest BCUT2D eigenvalue weighted by molar-refractivity contribution is 5.98. The molecule has 0 heterocycles. The normalized spacial score (nSPS) is 11.4. The lowest BCUT2D eigenvalue weighted by molar-refractivity contribution is -0.164. The third-order valence-corrected chi connectivity index (χ3v) is 2.80. The van der Waals surface area contributed by atoms with E-state index in [1.807, 2.05) is 31.1 Å². The lowest BCUT2D eigenvalue weighted by Gasteiger charge is -2.19. The zero-order chi connectivity index (χ0) is 18.3. The number of hydrogen-bond acceptors (Lipinski definition) is 6. The molecule has 0 radical (unpaired) electrons. The largest absolute Gasteiger partial charge is 0.457 e. The first kappa shape index (κ1) is 19.2. The molecular formula is C18H22N2O4. The Morgan fingerprint density at radius 3 is 2.25 bits per heavy atom. The minimum atomic E-state index is -0.861. The third-order valence-electron chi connectivity index (χ3n) is 2.80. The number of rotatable bonds is 5. The van der Waals surface area contributed by atoms with E-state index in [-0.39, 0.29) is 5.57 Å².